The lowest BCUT2D eigenvalue weighted by Gasteiger charge is -2.14. The minimum Gasteiger partial charge on any atom is -0.456 e. The average molecular weight is 785 g/mol. The predicted molar refractivity (Wildman–Crippen MR) is 252 cm³/mol. The Morgan fingerprint density at radius 3 is 1.67 bits per heavy atom. The molecule has 0 spiro atoms. The topological polar surface area (TPSA) is 51.8 Å². The molecule has 10 aromatic carbocycles. The van der Waals surface area contributed by atoms with Crippen LogP contribution in [0.25, 0.3) is 122 Å². The van der Waals surface area contributed by atoms with Crippen molar-refractivity contribution in [2.75, 3.05) is 0 Å². The first-order chi connectivity index (χ1) is 33.1. The maximum atomic E-state index is 9.33. The molecule has 0 saturated carbocycles. The second kappa shape index (κ2) is 14.3. The predicted octanol–water partition coefficient (Wildman–Crippen LogP) is 15.2. The fraction of sp³-hybridized carbons (Fsp3) is 0. The van der Waals surface area contributed by atoms with Crippen LogP contribution in [0.3, 0.4) is 0 Å². The van der Waals surface area contributed by atoms with Crippen LogP contribution >= 0.6 is 0 Å². The molecule has 0 aliphatic carbocycles. The Hall–Kier alpha value is -8.21. The van der Waals surface area contributed by atoms with E-state index < -0.39 is 36.3 Å². The van der Waals surface area contributed by atoms with Gasteiger partial charge in [-0.2, -0.15) is 0 Å². The molecule has 0 amide bonds. The van der Waals surface area contributed by atoms with E-state index in [0.29, 0.717) is 45.3 Å². The maximum Gasteiger partial charge on any atom is 0.164 e. The van der Waals surface area contributed by atoms with Crippen LogP contribution in [0.1, 0.15) is 9.60 Å². The molecule has 284 valence electrons. The Morgan fingerprint density at radius 1 is 0.311 bits per heavy atom. The highest BCUT2D eigenvalue weighted by Gasteiger charge is 2.17. The van der Waals surface area contributed by atoms with E-state index in [4.69, 9.17) is 27.6 Å². The third kappa shape index (κ3) is 6.30. The summed E-state index contributed by atoms with van der Waals surface area (Å²) < 4.78 is 68.4. The lowest BCUT2D eigenvalue weighted by molar-refractivity contribution is 0.669. The van der Waals surface area contributed by atoms with Crippen molar-refractivity contribution in [1.82, 2.24) is 15.0 Å². The molecule has 2 aromatic heterocycles. The van der Waals surface area contributed by atoms with Crippen LogP contribution in [0.15, 0.2) is 217 Å². The molecule has 4 nitrogen and oxygen atoms in total. The minimum absolute atomic E-state index is 0.00900. The molecule has 4 heteroatoms. The van der Waals surface area contributed by atoms with Crippen LogP contribution in [0, 0.1) is 0 Å². The van der Waals surface area contributed by atoms with Gasteiger partial charge in [0.2, 0.25) is 0 Å². The molecule has 0 fully saturated rings. The summed E-state index contributed by atoms with van der Waals surface area (Å²) in [4.78, 5) is 15.2. The minimum atomic E-state index is -0.513. The van der Waals surface area contributed by atoms with Gasteiger partial charge < -0.3 is 4.42 Å². The van der Waals surface area contributed by atoms with Gasteiger partial charge in [0.1, 0.15) is 11.2 Å². The van der Waals surface area contributed by atoms with Crippen molar-refractivity contribution in [2.24, 2.45) is 0 Å². The van der Waals surface area contributed by atoms with Gasteiger partial charge in [0.25, 0.3) is 0 Å². The second-order valence-corrected chi connectivity index (χ2v) is 15.1. The summed E-state index contributed by atoms with van der Waals surface area (Å²) in [6, 6.07) is 53.3. The fourth-order valence-electron chi connectivity index (χ4n) is 8.29. The zero-order valence-corrected chi connectivity index (χ0v) is 32.4. The maximum absolute atomic E-state index is 9.33. The summed E-state index contributed by atoms with van der Waals surface area (Å²) >= 11 is 0. The van der Waals surface area contributed by atoms with Gasteiger partial charge in [-0.3, -0.25) is 0 Å². The van der Waals surface area contributed by atoms with E-state index in [-0.39, 0.29) is 22.4 Å². The Bertz CT molecular complexity index is 4070. The van der Waals surface area contributed by atoms with E-state index in [2.05, 4.69) is 60.7 Å². The average Bonchev–Trinajstić information content (AvgIpc) is 3.76. The SMILES string of the molecule is [2H]c1c([2H])c([2H])c2c(-c3cc(-c4ccc5cc(-c6ccc7ccccc7c6)ccc5c4)cc(-c4nc(-c5ccccc5)nc(-c5ccc6c(c5)oc5ccccc56)n4)c3)c([2H])c([2H])c([2H])c2c1[2H]. The summed E-state index contributed by atoms with van der Waals surface area (Å²) in [6.45, 7) is 0. The normalized spacial score (nSPS) is 13.2. The Labute approximate surface area is 361 Å². The van der Waals surface area contributed by atoms with E-state index in [1.165, 1.54) is 10.8 Å². The smallest absolute Gasteiger partial charge is 0.164 e. The van der Waals surface area contributed by atoms with Crippen molar-refractivity contribution in [3.63, 3.8) is 0 Å². The molecule has 0 saturated heterocycles. The molecule has 0 N–H and O–H groups in total. The van der Waals surface area contributed by atoms with Crippen molar-refractivity contribution in [3.05, 3.63) is 212 Å². The van der Waals surface area contributed by atoms with E-state index >= 15 is 0 Å². The number of hydrogen-bond donors (Lipinski definition) is 0. The molecule has 0 radical (unpaired) electrons. The van der Waals surface area contributed by atoms with Crippen LogP contribution in [0.5, 0.6) is 0 Å². The molecule has 0 atom stereocenters. The lowest BCUT2D eigenvalue weighted by Crippen LogP contribution is -2.00. The molecule has 12 rings (SSSR count). The van der Waals surface area contributed by atoms with Crippen LogP contribution in [-0.2, 0) is 0 Å². The number of nitrogens with zero attached hydrogens (tertiary/aromatic N) is 3. The van der Waals surface area contributed by atoms with E-state index in [1.54, 1.807) is 6.07 Å². The first-order valence-electron chi connectivity index (χ1n) is 23.5. The van der Waals surface area contributed by atoms with Gasteiger partial charge in [0.15, 0.2) is 17.5 Å². The number of fused-ring (bicyclic) bond motifs is 6. The van der Waals surface area contributed by atoms with Crippen molar-refractivity contribution in [3.8, 4) is 67.5 Å². The summed E-state index contributed by atoms with van der Waals surface area (Å²) in [7, 11) is 0. The van der Waals surface area contributed by atoms with Gasteiger partial charge in [-0.05, 0) is 120 Å². The van der Waals surface area contributed by atoms with Gasteiger partial charge in [-0.1, -0.05) is 158 Å². The molecular weight excluding hydrogens is 743 g/mol. The second-order valence-electron chi connectivity index (χ2n) is 15.1. The number of aromatic nitrogens is 3. The van der Waals surface area contributed by atoms with Gasteiger partial charge in [0.05, 0.1) is 9.60 Å². The Kier molecular flexibility index (Phi) is 6.61. The molecule has 0 aliphatic heterocycles. The van der Waals surface area contributed by atoms with Crippen molar-refractivity contribution < 1.29 is 14.0 Å². The lowest BCUT2D eigenvalue weighted by atomic mass is 9.92. The zero-order valence-electron chi connectivity index (χ0n) is 39.4. The molecule has 2 heterocycles. The highest BCUT2D eigenvalue weighted by Crippen LogP contribution is 2.38. The van der Waals surface area contributed by atoms with Crippen LogP contribution < -0.4 is 0 Å². The highest BCUT2D eigenvalue weighted by molar-refractivity contribution is 6.06. The fourth-order valence-corrected chi connectivity index (χ4v) is 8.29. The van der Waals surface area contributed by atoms with Gasteiger partial charge in [-0.15, -0.1) is 0 Å². The van der Waals surface area contributed by atoms with E-state index in [1.807, 2.05) is 103 Å². The first kappa shape index (κ1) is 28.3. The number of furan rings is 1. The number of rotatable bonds is 6. The van der Waals surface area contributed by atoms with Crippen molar-refractivity contribution in [1.29, 1.82) is 0 Å². The largest absolute Gasteiger partial charge is 0.456 e. The standard InChI is InChI=1S/C57H35N3O/c1-2-13-38(14-3-1)55-58-56(45-27-28-52-51-18-8-9-20-53(51)61-54(52)35-45)60-57(59-55)48-33-46(32-47(34-48)50-19-10-16-37-12-6-7-17-49(37)50)44-26-25-42-30-41(23-24-43(42)31-44)40-22-21-36-11-4-5-15-39(36)29-40/h1-35H/i6D,7D,10D,12D,16D,17D,19D. The quantitative estimate of drug-likeness (QED) is 0.168. The third-order valence-corrected chi connectivity index (χ3v) is 11.4. The van der Waals surface area contributed by atoms with Crippen LogP contribution in [0.2, 0.25) is 0 Å². The Morgan fingerprint density at radius 2 is 0.869 bits per heavy atom. The number of benzene rings is 10. The van der Waals surface area contributed by atoms with Gasteiger partial charge in [-0.25, -0.2) is 15.0 Å². The van der Waals surface area contributed by atoms with E-state index in [0.717, 1.165) is 49.4 Å². The third-order valence-electron chi connectivity index (χ3n) is 11.4. The summed E-state index contributed by atoms with van der Waals surface area (Å²) in [6.07, 6.45) is 0. The van der Waals surface area contributed by atoms with Crippen molar-refractivity contribution >= 4 is 54.3 Å². The van der Waals surface area contributed by atoms with Crippen LogP contribution in [0.4, 0.5) is 0 Å². The molecule has 12 aromatic rings. The highest BCUT2D eigenvalue weighted by atomic mass is 16.3. The molecule has 0 aliphatic rings. The number of para-hydroxylation sites is 1. The molecule has 61 heavy (non-hydrogen) atoms. The summed E-state index contributed by atoms with van der Waals surface area (Å²) in [5.41, 5.74) is 7.67. The van der Waals surface area contributed by atoms with Crippen molar-refractivity contribution in [2.45, 2.75) is 0 Å². The molecule has 0 bridgehead atoms. The number of hydrogen-bond acceptors (Lipinski definition) is 4. The van der Waals surface area contributed by atoms with Gasteiger partial charge >= 0.3 is 0 Å². The Balaban J connectivity index is 1.08. The first-order valence-corrected chi connectivity index (χ1v) is 20.0. The van der Waals surface area contributed by atoms with Gasteiger partial charge in [0, 0.05) is 27.5 Å². The zero-order chi connectivity index (χ0) is 46.4. The summed E-state index contributed by atoms with van der Waals surface area (Å²) in [5, 5.41) is 6.19. The van der Waals surface area contributed by atoms with E-state index in [9.17, 15) is 1.37 Å². The van der Waals surface area contributed by atoms with Crippen LogP contribution in [-0.4, -0.2) is 15.0 Å². The molecular formula is C57H35N3O. The summed E-state index contributed by atoms with van der Waals surface area (Å²) in [5.74, 6) is 1.12. The molecule has 0 unspecified atom stereocenters. The monoisotopic (exact) mass is 784 g/mol.